The number of carbonyl (C=O) groups is 2. The number of hydrogen-bond acceptors (Lipinski definition) is 6. The molecule has 0 saturated carbocycles. The second-order valence-corrected chi connectivity index (χ2v) is 6.61. The highest BCUT2D eigenvalue weighted by molar-refractivity contribution is 5.90. The number of nitrogens with zero attached hydrogens (tertiary/aromatic N) is 3. The molecule has 0 unspecified atom stereocenters. The van der Waals surface area contributed by atoms with Crippen LogP contribution < -0.4 is 9.64 Å². The zero-order valence-corrected chi connectivity index (χ0v) is 15.2. The normalized spacial score (nSPS) is 19.2. The molecule has 2 aliphatic heterocycles. The van der Waals surface area contributed by atoms with E-state index < -0.39 is 23.8 Å². The van der Waals surface area contributed by atoms with Crippen molar-refractivity contribution < 1.29 is 32.4 Å². The van der Waals surface area contributed by atoms with Crippen molar-refractivity contribution in [3.05, 3.63) is 47.7 Å². The first kappa shape index (κ1) is 18.9. The summed E-state index contributed by atoms with van der Waals surface area (Å²) < 4.78 is 44.7. The minimum absolute atomic E-state index is 0.00829. The average Bonchev–Trinajstić information content (AvgIpc) is 3.36. The van der Waals surface area contributed by atoms with Crippen LogP contribution in [-0.4, -0.2) is 54.9 Å². The van der Waals surface area contributed by atoms with E-state index in [9.17, 15) is 18.4 Å². The summed E-state index contributed by atoms with van der Waals surface area (Å²) in [6.45, 7) is 0.694. The molecule has 152 valence electrons. The molecule has 0 radical (unpaired) electrons. The Bertz CT molecular complexity index is 924. The first-order chi connectivity index (χ1) is 14.1. The molecule has 10 heteroatoms. The molecule has 3 heterocycles. The Morgan fingerprint density at radius 1 is 1.31 bits per heavy atom. The van der Waals surface area contributed by atoms with Gasteiger partial charge in [0.25, 0.3) is 5.88 Å². The van der Waals surface area contributed by atoms with Crippen molar-refractivity contribution in [2.24, 2.45) is 0 Å². The van der Waals surface area contributed by atoms with Crippen LogP contribution in [-0.2, 0) is 9.53 Å². The highest BCUT2D eigenvalue weighted by atomic mass is 19.1. The summed E-state index contributed by atoms with van der Waals surface area (Å²) >= 11 is 0. The molecule has 1 aromatic heterocycles. The molecule has 0 N–H and O–H groups in total. The third-order valence-corrected chi connectivity index (χ3v) is 4.81. The van der Waals surface area contributed by atoms with Crippen molar-refractivity contribution in [1.29, 1.82) is 0 Å². The van der Waals surface area contributed by atoms with E-state index in [0.29, 0.717) is 31.5 Å². The number of carbonyl (C=O) groups excluding carboxylic acids is 2. The van der Waals surface area contributed by atoms with E-state index in [1.165, 1.54) is 17.2 Å². The fourth-order valence-electron chi connectivity index (χ4n) is 3.37. The standard InChI is InChI=1S/C19H17F2N3O5/c20-15-7-13(8-16(21)18(15)12-1-4-23(11-25)5-2-12)24-14(10-28-19(24)26)9-27-17-3-6-29-22-17/h1,3,6-8,11,14H,2,4-5,9-10H2/t14-/m1/s1. The van der Waals surface area contributed by atoms with Gasteiger partial charge in [-0.05, 0) is 29.3 Å². The monoisotopic (exact) mass is 405 g/mol. The summed E-state index contributed by atoms with van der Waals surface area (Å²) in [7, 11) is 0. The third kappa shape index (κ3) is 3.78. The van der Waals surface area contributed by atoms with Gasteiger partial charge >= 0.3 is 6.09 Å². The summed E-state index contributed by atoms with van der Waals surface area (Å²) in [6.07, 6.45) is 3.28. The molecule has 2 amide bonds. The van der Waals surface area contributed by atoms with Crippen molar-refractivity contribution in [2.75, 3.05) is 31.2 Å². The quantitative estimate of drug-likeness (QED) is 0.687. The van der Waals surface area contributed by atoms with Crippen LogP contribution in [0.15, 0.2) is 35.1 Å². The second kappa shape index (κ2) is 7.90. The number of cyclic esters (lactones) is 1. The molecular weight excluding hydrogens is 388 g/mol. The molecule has 2 aliphatic rings. The van der Waals surface area contributed by atoms with Crippen LogP contribution in [0.2, 0.25) is 0 Å². The maximum Gasteiger partial charge on any atom is 0.414 e. The van der Waals surface area contributed by atoms with Gasteiger partial charge in [0, 0.05) is 24.7 Å². The van der Waals surface area contributed by atoms with Crippen molar-refractivity contribution >= 4 is 23.8 Å². The van der Waals surface area contributed by atoms with E-state index in [1.54, 1.807) is 6.08 Å². The highest BCUT2D eigenvalue weighted by Crippen LogP contribution is 2.32. The van der Waals surface area contributed by atoms with Gasteiger partial charge in [0.1, 0.15) is 37.2 Å². The molecule has 1 saturated heterocycles. The summed E-state index contributed by atoms with van der Waals surface area (Å²) in [4.78, 5) is 25.6. The van der Waals surface area contributed by atoms with Crippen molar-refractivity contribution in [1.82, 2.24) is 10.1 Å². The third-order valence-electron chi connectivity index (χ3n) is 4.81. The molecule has 2 aromatic rings. The predicted octanol–water partition coefficient (Wildman–Crippen LogP) is 2.60. The number of halogens is 2. The van der Waals surface area contributed by atoms with Crippen LogP contribution in [0.4, 0.5) is 19.3 Å². The lowest BCUT2D eigenvalue weighted by Gasteiger charge is -2.24. The van der Waals surface area contributed by atoms with E-state index in [0.717, 1.165) is 17.0 Å². The Kier molecular flexibility index (Phi) is 5.15. The van der Waals surface area contributed by atoms with E-state index in [1.807, 2.05) is 0 Å². The van der Waals surface area contributed by atoms with Gasteiger partial charge in [0.15, 0.2) is 0 Å². The Morgan fingerprint density at radius 2 is 2.10 bits per heavy atom. The van der Waals surface area contributed by atoms with Gasteiger partial charge in [-0.3, -0.25) is 9.69 Å². The SMILES string of the molecule is O=CN1CC=C(c2c(F)cc(N3C(=O)OC[C@H]3COc3ccon3)cc2F)CC1. The lowest BCUT2D eigenvalue weighted by molar-refractivity contribution is -0.117. The molecule has 29 heavy (non-hydrogen) atoms. The molecule has 1 aromatic carbocycles. The fraction of sp³-hybridized carbons (Fsp3) is 0.316. The topological polar surface area (TPSA) is 85.1 Å². The van der Waals surface area contributed by atoms with Crippen LogP contribution in [0.5, 0.6) is 5.88 Å². The number of aromatic nitrogens is 1. The predicted molar refractivity (Wildman–Crippen MR) is 96.2 cm³/mol. The van der Waals surface area contributed by atoms with Gasteiger partial charge in [-0.25, -0.2) is 13.6 Å². The van der Waals surface area contributed by atoms with Gasteiger partial charge in [0.05, 0.1) is 5.69 Å². The molecule has 8 nitrogen and oxygen atoms in total. The van der Waals surface area contributed by atoms with Crippen LogP contribution in [0.3, 0.4) is 0 Å². The van der Waals surface area contributed by atoms with Gasteiger partial charge in [0.2, 0.25) is 6.41 Å². The number of anilines is 1. The van der Waals surface area contributed by atoms with Gasteiger partial charge in [-0.1, -0.05) is 6.08 Å². The summed E-state index contributed by atoms with van der Waals surface area (Å²) in [5.41, 5.74) is 0.368. The van der Waals surface area contributed by atoms with Crippen LogP contribution >= 0.6 is 0 Å². The van der Waals surface area contributed by atoms with Crippen LogP contribution in [0.25, 0.3) is 5.57 Å². The van der Waals surface area contributed by atoms with Gasteiger partial charge in [-0.2, -0.15) is 0 Å². The fourth-order valence-corrected chi connectivity index (χ4v) is 3.37. The summed E-state index contributed by atoms with van der Waals surface area (Å²) in [6, 6.07) is 3.11. The number of rotatable bonds is 6. The molecule has 1 atom stereocenters. The minimum Gasteiger partial charge on any atom is -0.473 e. The maximum atomic E-state index is 14.8. The molecule has 0 spiro atoms. The Hall–Kier alpha value is -3.43. The molecule has 1 fully saturated rings. The first-order valence-electron chi connectivity index (χ1n) is 8.94. The highest BCUT2D eigenvalue weighted by Gasteiger charge is 2.36. The number of amides is 2. The van der Waals surface area contributed by atoms with Crippen molar-refractivity contribution in [2.45, 2.75) is 12.5 Å². The summed E-state index contributed by atoms with van der Waals surface area (Å²) in [5, 5.41) is 3.60. The lowest BCUT2D eigenvalue weighted by atomic mass is 9.98. The molecule has 4 rings (SSSR count). The number of benzene rings is 1. The summed E-state index contributed by atoms with van der Waals surface area (Å²) in [5.74, 6) is -1.35. The smallest absolute Gasteiger partial charge is 0.414 e. The van der Waals surface area contributed by atoms with Crippen molar-refractivity contribution in [3.8, 4) is 5.88 Å². The zero-order chi connectivity index (χ0) is 20.4. The van der Waals surface area contributed by atoms with Crippen LogP contribution in [0, 0.1) is 11.6 Å². The Labute approximate surface area is 164 Å². The van der Waals surface area contributed by atoms with E-state index >= 15 is 0 Å². The minimum atomic E-state index is -0.790. The Balaban J connectivity index is 1.57. The largest absolute Gasteiger partial charge is 0.473 e. The zero-order valence-electron chi connectivity index (χ0n) is 15.2. The first-order valence-corrected chi connectivity index (χ1v) is 8.94. The van der Waals surface area contributed by atoms with Crippen LogP contribution in [0.1, 0.15) is 12.0 Å². The average molecular weight is 405 g/mol. The Morgan fingerprint density at radius 3 is 2.72 bits per heavy atom. The van der Waals surface area contributed by atoms with E-state index in [4.69, 9.17) is 9.47 Å². The number of ether oxygens (including phenoxy) is 2. The lowest BCUT2D eigenvalue weighted by Crippen LogP contribution is -2.38. The molecule has 0 aliphatic carbocycles. The van der Waals surface area contributed by atoms with Crippen molar-refractivity contribution in [3.63, 3.8) is 0 Å². The van der Waals surface area contributed by atoms with E-state index in [-0.39, 0.29) is 30.3 Å². The molecular formula is C19H17F2N3O5. The van der Waals surface area contributed by atoms with E-state index in [2.05, 4.69) is 9.68 Å². The van der Waals surface area contributed by atoms with Gasteiger partial charge < -0.3 is 18.9 Å². The maximum absolute atomic E-state index is 14.8. The molecule has 0 bridgehead atoms. The number of hydrogen-bond donors (Lipinski definition) is 0. The van der Waals surface area contributed by atoms with Gasteiger partial charge in [-0.15, -0.1) is 0 Å². The second-order valence-electron chi connectivity index (χ2n) is 6.61.